The van der Waals surface area contributed by atoms with Gasteiger partial charge in [-0.05, 0) is 32.8 Å². The molecule has 0 aliphatic heterocycles. The van der Waals surface area contributed by atoms with Crippen LogP contribution in [-0.2, 0) is 11.7 Å². The van der Waals surface area contributed by atoms with Gasteiger partial charge in [0.1, 0.15) is 16.9 Å². The minimum Gasteiger partial charge on any atom is -0.367 e. The van der Waals surface area contributed by atoms with Crippen molar-refractivity contribution in [2.24, 2.45) is 0 Å². The average molecular weight is 402 g/mol. The van der Waals surface area contributed by atoms with Gasteiger partial charge in [0.15, 0.2) is 5.65 Å². The number of aromatic nitrogens is 5. The number of fused-ring (bicyclic) bond motifs is 1. The Balaban J connectivity index is 1.71. The van der Waals surface area contributed by atoms with E-state index in [1.807, 2.05) is 0 Å². The molecule has 0 aromatic carbocycles. The molecule has 0 radical (unpaired) electrons. The molecule has 1 saturated carbocycles. The van der Waals surface area contributed by atoms with Gasteiger partial charge in [-0.25, -0.2) is 14.6 Å². The van der Waals surface area contributed by atoms with E-state index in [1.165, 1.54) is 17.1 Å². The van der Waals surface area contributed by atoms with Gasteiger partial charge in [-0.15, -0.1) is 0 Å². The number of nitrogens with one attached hydrogen (secondary N) is 2. The van der Waals surface area contributed by atoms with Gasteiger partial charge in [0.05, 0.1) is 23.3 Å². The van der Waals surface area contributed by atoms with Crippen LogP contribution in [0.3, 0.4) is 0 Å². The highest BCUT2D eigenvalue weighted by molar-refractivity contribution is 5.90. The van der Waals surface area contributed by atoms with Crippen LogP contribution in [0, 0.1) is 11.3 Å². The number of pyridine rings is 1. The monoisotopic (exact) mass is 402 g/mol. The summed E-state index contributed by atoms with van der Waals surface area (Å²) in [6, 6.07) is 3.80. The number of alkyl halides is 3. The van der Waals surface area contributed by atoms with Crippen molar-refractivity contribution in [3.8, 4) is 6.07 Å². The molecule has 8 nitrogen and oxygen atoms in total. The minimum atomic E-state index is -4.55. The molecule has 3 heterocycles. The van der Waals surface area contributed by atoms with Crippen LogP contribution in [0.5, 0.6) is 0 Å². The molecule has 1 aliphatic carbocycles. The molecule has 0 saturated heterocycles. The Morgan fingerprint density at radius 3 is 2.62 bits per heavy atom. The van der Waals surface area contributed by atoms with Crippen molar-refractivity contribution in [2.45, 2.75) is 44.4 Å². The molecular formula is C18H17F3N8. The predicted molar refractivity (Wildman–Crippen MR) is 99.4 cm³/mol. The highest BCUT2D eigenvalue weighted by Crippen LogP contribution is 2.36. The summed E-state index contributed by atoms with van der Waals surface area (Å²) < 4.78 is 41.2. The van der Waals surface area contributed by atoms with Crippen molar-refractivity contribution in [1.82, 2.24) is 24.7 Å². The highest BCUT2D eigenvalue weighted by atomic mass is 19.4. The Morgan fingerprint density at radius 1 is 1.21 bits per heavy atom. The second-order valence-electron chi connectivity index (χ2n) is 7.32. The van der Waals surface area contributed by atoms with Crippen molar-refractivity contribution < 1.29 is 13.2 Å². The number of rotatable bonds is 5. The first-order valence-electron chi connectivity index (χ1n) is 8.91. The Labute approximate surface area is 163 Å². The summed E-state index contributed by atoms with van der Waals surface area (Å²) in [7, 11) is 0. The zero-order chi connectivity index (χ0) is 20.8. The fourth-order valence-electron chi connectivity index (χ4n) is 2.79. The standard InChI is InChI=1S/C18H17F3N8/c1-17(2,9-22)29-15-11(7-25-29)13(5-6-23-15)27-16-24-8-12(18(19,20)21)14(28-16)26-10-3-4-10/h5-8,10H,3-4H2,1-2H3,(H2,23,24,26,27,28). The molecule has 0 spiro atoms. The van der Waals surface area contributed by atoms with E-state index in [0.29, 0.717) is 16.7 Å². The normalized spacial score (nSPS) is 14.6. The second kappa shape index (κ2) is 6.58. The summed E-state index contributed by atoms with van der Waals surface area (Å²) in [5.74, 6) is -0.231. The highest BCUT2D eigenvalue weighted by Gasteiger charge is 2.37. The topological polar surface area (TPSA) is 104 Å². The number of nitrogens with zero attached hydrogens (tertiary/aromatic N) is 6. The number of anilines is 3. The summed E-state index contributed by atoms with van der Waals surface area (Å²) in [5.41, 5.74) is -0.838. The van der Waals surface area contributed by atoms with E-state index in [-0.39, 0.29) is 17.8 Å². The molecule has 150 valence electrons. The molecular weight excluding hydrogens is 385 g/mol. The lowest BCUT2D eigenvalue weighted by molar-refractivity contribution is -0.137. The lowest BCUT2D eigenvalue weighted by Crippen LogP contribution is -2.25. The molecule has 2 N–H and O–H groups in total. The molecule has 3 aromatic heterocycles. The van der Waals surface area contributed by atoms with E-state index in [0.717, 1.165) is 19.0 Å². The average Bonchev–Trinajstić information content (AvgIpc) is 3.35. The Kier molecular flexibility index (Phi) is 4.29. The number of hydrogen-bond acceptors (Lipinski definition) is 7. The van der Waals surface area contributed by atoms with E-state index in [9.17, 15) is 18.4 Å². The van der Waals surface area contributed by atoms with Crippen molar-refractivity contribution in [1.29, 1.82) is 5.26 Å². The van der Waals surface area contributed by atoms with E-state index >= 15 is 0 Å². The van der Waals surface area contributed by atoms with Gasteiger partial charge in [0.25, 0.3) is 0 Å². The summed E-state index contributed by atoms with van der Waals surface area (Å²) in [5, 5.41) is 19.9. The maximum atomic E-state index is 13.2. The second-order valence-corrected chi connectivity index (χ2v) is 7.32. The smallest absolute Gasteiger partial charge is 0.367 e. The number of nitriles is 1. The molecule has 0 amide bonds. The van der Waals surface area contributed by atoms with Gasteiger partial charge in [-0.1, -0.05) is 0 Å². The fraction of sp³-hybridized carbons (Fsp3) is 0.389. The van der Waals surface area contributed by atoms with E-state index < -0.39 is 17.3 Å². The van der Waals surface area contributed by atoms with Crippen LogP contribution in [-0.4, -0.2) is 30.8 Å². The lowest BCUT2D eigenvalue weighted by Gasteiger charge is -2.17. The van der Waals surface area contributed by atoms with Gasteiger partial charge >= 0.3 is 6.18 Å². The maximum absolute atomic E-state index is 13.2. The van der Waals surface area contributed by atoms with E-state index in [1.54, 1.807) is 19.9 Å². The fourth-order valence-corrected chi connectivity index (χ4v) is 2.79. The Hall–Kier alpha value is -3.42. The molecule has 29 heavy (non-hydrogen) atoms. The van der Waals surface area contributed by atoms with Crippen LogP contribution in [0.15, 0.2) is 24.7 Å². The number of hydrogen-bond donors (Lipinski definition) is 2. The molecule has 11 heteroatoms. The van der Waals surface area contributed by atoms with Crippen LogP contribution in [0.4, 0.5) is 30.6 Å². The zero-order valence-corrected chi connectivity index (χ0v) is 15.6. The quantitative estimate of drug-likeness (QED) is 0.668. The van der Waals surface area contributed by atoms with Crippen molar-refractivity contribution >= 4 is 28.5 Å². The van der Waals surface area contributed by atoms with Gasteiger partial charge in [-0.3, -0.25) is 0 Å². The first-order valence-corrected chi connectivity index (χ1v) is 8.91. The van der Waals surface area contributed by atoms with Gasteiger partial charge in [0, 0.05) is 18.4 Å². The Bertz CT molecular complexity index is 1110. The summed E-state index contributed by atoms with van der Waals surface area (Å²) >= 11 is 0. The van der Waals surface area contributed by atoms with E-state index in [4.69, 9.17) is 0 Å². The molecule has 0 unspecified atom stereocenters. The van der Waals surface area contributed by atoms with Gasteiger partial charge < -0.3 is 10.6 Å². The van der Waals surface area contributed by atoms with Crippen LogP contribution in [0.2, 0.25) is 0 Å². The summed E-state index contributed by atoms with van der Waals surface area (Å²) in [4.78, 5) is 12.1. The first-order chi connectivity index (χ1) is 13.7. The van der Waals surface area contributed by atoms with Crippen molar-refractivity contribution in [3.63, 3.8) is 0 Å². The minimum absolute atomic E-state index is 0.00192. The third kappa shape index (κ3) is 3.65. The maximum Gasteiger partial charge on any atom is 0.421 e. The lowest BCUT2D eigenvalue weighted by atomic mass is 10.1. The van der Waals surface area contributed by atoms with Crippen LogP contribution in [0.25, 0.3) is 11.0 Å². The predicted octanol–water partition coefficient (Wildman–Crippen LogP) is 3.82. The van der Waals surface area contributed by atoms with Crippen LogP contribution < -0.4 is 10.6 Å². The van der Waals surface area contributed by atoms with Gasteiger partial charge in [0.2, 0.25) is 5.95 Å². The SMILES string of the molecule is CC(C)(C#N)n1ncc2c(Nc3ncc(C(F)(F)F)c(NC4CC4)n3)ccnc21. The van der Waals surface area contributed by atoms with E-state index in [2.05, 4.69) is 36.8 Å². The molecule has 0 atom stereocenters. The van der Waals surface area contributed by atoms with Gasteiger partial charge in [-0.2, -0.15) is 28.5 Å². The largest absolute Gasteiger partial charge is 0.421 e. The van der Waals surface area contributed by atoms with Crippen LogP contribution in [0.1, 0.15) is 32.3 Å². The first kappa shape index (κ1) is 18.9. The number of halogens is 3. The summed E-state index contributed by atoms with van der Waals surface area (Å²) in [6.07, 6.45) is 0.886. The Morgan fingerprint density at radius 2 is 1.97 bits per heavy atom. The van der Waals surface area contributed by atoms with Crippen LogP contribution >= 0.6 is 0 Å². The summed E-state index contributed by atoms with van der Waals surface area (Å²) in [6.45, 7) is 3.41. The molecule has 0 bridgehead atoms. The third-order valence-electron chi connectivity index (χ3n) is 4.53. The van der Waals surface area contributed by atoms with Crippen molar-refractivity contribution in [2.75, 3.05) is 10.6 Å². The molecule has 3 aromatic rings. The molecule has 1 fully saturated rings. The molecule has 4 rings (SSSR count). The zero-order valence-electron chi connectivity index (χ0n) is 15.6. The molecule has 1 aliphatic rings. The van der Waals surface area contributed by atoms with Crippen molar-refractivity contribution in [3.05, 3.63) is 30.2 Å². The third-order valence-corrected chi connectivity index (χ3v) is 4.53.